The number of hydrogen-bond donors (Lipinski definition) is 0. The van der Waals surface area contributed by atoms with E-state index in [1.807, 2.05) is 35.9 Å². The first-order valence-corrected chi connectivity index (χ1v) is 9.61. The Hall–Kier alpha value is -2.60. The fourth-order valence-electron chi connectivity index (χ4n) is 3.64. The van der Waals surface area contributed by atoms with Crippen molar-refractivity contribution in [1.29, 1.82) is 0 Å². The average molecular weight is 366 g/mol. The second kappa shape index (κ2) is 5.99. The van der Waals surface area contributed by atoms with Crippen LogP contribution in [0.4, 0.5) is 0 Å². The van der Waals surface area contributed by atoms with Crippen molar-refractivity contribution in [2.75, 3.05) is 6.79 Å². The van der Waals surface area contributed by atoms with Crippen LogP contribution in [0.25, 0.3) is 10.2 Å². The van der Waals surface area contributed by atoms with Crippen LogP contribution >= 0.6 is 11.3 Å². The normalized spacial score (nSPS) is 16.1. The van der Waals surface area contributed by atoms with Gasteiger partial charge in [0, 0.05) is 24.7 Å². The summed E-state index contributed by atoms with van der Waals surface area (Å²) in [6.45, 7) is 0.254. The molecule has 0 radical (unpaired) electrons. The Morgan fingerprint density at radius 3 is 2.69 bits per heavy atom. The largest absolute Gasteiger partial charge is 0.454 e. The highest BCUT2D eigenvalue weighted by molar-refractivity contribution is 7.16. The molecule has 0 saturated heterocycles. The molecule has 0 saturated carbocycles. The lowest BCUT2D eigenvalue weighted by atomic mass is 9.90. The summed E-state index contributed by atoms with van der Waals surface area (Å²) in [5.41, 5.74) is 4.31. The number of rotatable bonds is 1. The molecular formula is C20H18N2O3S. The number of thiazole rings is 1. The van der Waals surface area contributed by atoms with Crippen molar-refractivity contribution in [1.82, 2.24) is 4.57 Å². The summed E-state index contributed by atoms with van der Waals surface area (Å²) in [7, 11) is 1.92. The lowest BCUT2D eigenvalue weighted by Gasteiger charge is -2.15. The Labute approximate surface area is 154 Å². The molecule has 1 aliphatic heterocycles. The van der Waals surface area contributed by atoms with E-state index in [-0.39, 0.29) is 12.7 Å². The van der Waals surface area contributed by atoms with E-state index in [0.717, 1.165) is 34.6 Å². The lowest BCUT2D eigenvalue weighted by molar-refractivity contribution is 0.0998. The molecule has 26 heavy (non-hydrogen) atoms. The van der Waals surface area contributed by atoms with Gasteiger partial charge >= 0.3 is 0 Å². The number of aryl methyl sites for hydroxylation is 3. The zero-order valence-corrected chi connectivity index (χ0v) is 15.3. The van der Waals surface area contributed by atoms with Crippen molar-refractivity contribution in [3.05, 3.63) is 51.8 Å². The van der Waals surface area contributed by atoms with Gasteiger partial charge in [0.2, 0.25) is 6.79 Å². The first-order chi connectivity index (χ1) is 12.7. The lowest BCUT2D eigenvalue weighted by Crippen LogP contribution is -2.13. The van der Waals surface area contributed by atoms with E-state index < -0.39 is 0 Å². The molecule has 2 heterocycles. The Kier molecular flexibility index (Phi) is 3.60. The molecule has 3 aromatic rings. The quantitative estimate of drug-likeness (QED) is 0.661. The summed E-state index contributed by atoms with van der Waals surface area (Å²) in [6.07, 6.45) is 4.60. The highest BCUT2D eigenvalue weighted by Crippen LogP contribution is 2.36. The maximum atomic E-state index is 12.7. The minimum absolute atomic E-state index is 0.194. The average Bonchev–Trinajstić information content (AvgIpc) is 3.24. The van der Waals surface area contributed by atoms with Gasteiger partial charge in [-0.1, -0.05) is 17.4 Å². The minimum Gasteiger partial charge on any atom is -0.454 e. The van der Waals surface area contributed by atoms with E-state index in [1.165, 1.54) is 35.3 Å². The molecule has 132 valence electrons. The summed E-state index contributed by atoms with van der Waals surface area (Å²) in [5, 5.41) is 0. The number of benzene rings is 2. The highest BCUT2D eigenvalue weighted by Gasteiger charge is 2.17. The van der Waals surface area contributed by atoms with Gasteiger partial charge in [0.1, 0.15) is 0 Å². The van der Waals surface area contributed by atoms with Crippen LogP contribution in [0.2, 0.25) is 0 Å². The molecule has 1 aliphatic carbocycles. The molecule has 2 aromatic carbocycles. The Morgan fingerprint density at radius 1 is 1.08 bits per heavy atom. The molecule has 0 N–H and O–H groups in total. The van der Waals surface area contributed by atoms with Gasteiger partial charge in [-0.2, -0.15) is 4.99 Å². The minimum atomic E-state index is -0.194. The summed E-state index contributed by atoms with van der Waals surface area (Å²) < 4.78 is 13.8. The van der Waals surface area contributed by atoms with Gasteiger partial charge in [-0.25, -0.2) is 0 Å². The number of aromatic nitrogens is 1. The van der Waals surface area contributed by atoms with E-state index in [4.69, 9.17) is 9.47 Å². The molecule has 6 heteroatoms. The zero-order valence-electron chi connectivity index (χ0n) is 14.4. The third kappa shape index (κ3) is 2.52. The smallest absolute Gasteiger partial charge is 0.279 e. The molecular weight excluding hydrogens is 348 g/mol. The fraction of sp³-hybridized carbons (Fsp3) is 0.300. The molecule has 5 nitrogen and oxygen atoms in total. The summed E-state index contributed by atoms with van der Waals surface area (Å²) in [5.74, 6) is 1.28. The van der Waals surface area contributed by atoms with Crippen LogP contribution in [-0.4, -0.2) is 17.3 Å². The molecule has 1 aromatic heterocycles. The SMILES string of the molecule is Cn1c(=NC(=O)c2ccc3c(c2)CCCC3)sc2cc3c(cc21)OCO3. The fourth-order valence-corrected chi connectivity index (χ4v) is 4.67. The third-order valence-corrected chi connectivity index (χ3v) is 6.19. The second-order valence-corrected chi connectivity index (χ2v) is 7.73. The molecule has 0 bridgehead atoms. The van der Waals surface area contributed by atoms with Crippen molar-refractivity contribution < 1.29 is 14.3 Å². The van der Waals surface area contributed by atoms with Crippen molar-refractivity contribution in [2.24, 2.45) is 12.0 Å². The number of hydrogen-bond acceptors (Lipinski definition) is 4. The predicted octanol–water partition coefficient (Wildman–Crippen LogP) is 3.59. The Bertz CT molecular complexity index is 1110. The van der Waals surface area contributed by atoms with Gasteiger partial charge < -0.3 is 14.0 Å². The predicted molar refractivity (Wildman–Crippen MR) is 99.9 cm³/mol. The van der Waals surface area contributed by atoms with Crippen molar-refractivity contribution >= 4 is 27.5 Å². The second-order valence-electron chi connectivity index (χ2n) is 6.72. The molecule has 5 rings (SSSR count). The van der Waals surface area contributed by atoms with Crippen molar-refractivity contribution in [2.45, 2.75) is 25.7 Å². The van der Waals surface area contributed by atoms with E-state index in [2.05, 4.69) is 11.1 Å². The van der Waals surface area contributed by atoms with Crippen LogP contribution in [0, 0.1) is 0 Å². The first-order valence-electron chi connectivity index (χ1n) is 8.79. The van der Waals surface area contributed by atoms with Gasteiger partial charge in [0.05, 0.1) is 10.2 Å². The van der Waals surface area contributed by atoms with Gasteiger partial charge in [-0.15, -0.1) is 0 Å². The Balaban J connectivity index is 1.56. The Morgan fingerprint density at radius 2 is 1.85 bits per heavy atom. The van der Waals surface area contributed by atoms with Crippen LogP contribution in [-0.2, 0) is 19.9 Å². The van der Waals surface area contributed by atoms with Gasteiger partial charge in [-0.3, -0.25) is 4.79 Å². The summed E-state index contributed by atoms with van der Waals surface area (Å²) >= 11 is 1.48. The number of nitrogens with zero attached hydrogens (tertiary/aromatic N) is 2. The van der Waals surface area contributed by atoms with Crippen LogP contribution < -0.4 is 14.3 Å². The van der Waals surface area contributed by atoms with E-state index in [9.17, 15) is 4.79 Å². The number of fused-ring (bicyclic) bond motifs is 3. The first kappa shape index (κ1) is 15.6. The number of amides is 1. The molecule has 1 amide bonds. The number of ether oxygens (including phenoxy) is 2. The highest BCUT2D eigenvalue weighted by atomic mass is 32.1. The van der Waals surface area contributed by atoms with Crippen LogP contribution in [0.3, 0.4) is 0 Å². The van der Waals surface area contributed by atoms with Gasteiger partial charge in [0.25, 0.3) is 5.91 Å². The van der Waals surface area contributed by atoms with Gasteiger partial charge in [-0.05, 0) is 48.9 Å². The van der Waals surface area contributed by atoms with E-state index in [1.54, 1.807) is 0 Å². The molecule has 0 spiro atoms. The summed E-state index contributed by atoms with van der Waals surface area (Å²) in [6, 6.07) is 9.89. The number of carbonyl (C=O) groups excluding carboxylic acids is 1. The topological polar surface area (TPSA) is 52.8 Å². The third-order valence-electron chi connectivity index (χ3n) is 5.10. The molecule has 0 fully saturated rings. The van der Waals surface area contributed by atoms with Crippen LogP contribution in [0.5, 0.6) is 11.5 Å². The van der Waals surface area contributed by atoms with Crippen LogP contribution in [0.1, 0.15) is 34.3 Å². The maximum absolute atomic E-state index is 12.7. The maximum Gasteiger partial charge on any atom is 0.279 e. The van der Waals surface area contributed by atoms with Crippen molar-refractivity contribution in [3.63, 3.8) is 0 Å². The molecule has 2 aliphatic rings. The standard InChI is InChI=1S/C20H18N2O3S/c1-22-15-9-16-17(25-11-24-16)10-18(15)26-20(22)21-19(23)14-7-6-12-4-2-3-5-13(12)8-14/h6-10H,2-5,11H2,1H3. The van der Waals surface area contributed by atoms with Crippen molar-refractivity contribution in [3.8, 4) is 11.5 Å². The number of carbonyl (C=O) groups is 1. The van der Waals surface area contributed by atoms with Gasteiger partial charge in [0.15, 0.2) is 16.3 Å². The van der Waals surface area contributed by atoms with Crippen LogP contribution in [0.15, 0.2) is 35.3 Å². The monoisotopic (exact) mass is 366 g/mol. The molecule has 0 unspecified atom stereocenters. The molecule has 0 atom stereocenters. The zero-order chi connectivity index (χ0) is 17.7. The van der Waals surface area contributed by atoms with E-state index in [0.29, 0.717) is 10.4 Å². The van der Waals surface area contributed by atoms with E-state index >= 15 is 0 Å². The summed E-state index contributed by atoms with van der Waals surface area (Å²) in [4.78, 5) is 17.8.